The molecule has 0 radical (unpaired) electrons. The summed E-state index contributed by atoms with van der Waals surface area (Å²) >= 11 is 1.26. The van der Waals surface area contributed by atoms with Crippen LogP contribution in [-0.4, -0.2) is 46.1 Å². The van der Waals surface area contributed by atoms with Crippen molar-refractivity contribution in [2.45, 2.75) is 37.8 Å². The van der Waals surface area contributed by atoms with Gasteiger partial charge >= 0.3 is 105 Å². The Morgan fingerprint density at radius 1 is 1.52 bits per heavy atom. The van der Waals surface area contributed by atoms with E-state index in [1.807, 2.05) is 0 Å². The van der Waals surface area contributed by atoms with E-state index in [0.717, 1.165) is 19.3 Å². The molecule has 0 aromatic heterocycles. The van der Waals surface area contributed by atoms with Gasteiger partial charge in [-0.3, -0.25) is 4.79 Å². The predicted molar refractivity (Wildman–Crippen MR) is 75.9 cm³/mol. The second kappa shape index (κ2) is 7.76. The van der Waals surface area contributed by atoms with Gasteiger partial charge in [0.05, 0.1) is 0 Å². The van der Waals surface area contributed by atoms with Crippen molar-refractivity contribution in [2.24, 2.45) is 16.6 Å². The molecule has 6 nitrogen and oxygen atoms in total. The number of allylic oxidation sites excluding steroid dienone is 1. The summed E-state index contributed by atoms with van der Waals surface area (Å²) < 4.78 is 1.72. The van der Waals surface area contributed by atoms with Crippen LogP contribution in [0, 0.1) is 12.1 Å². The first-order chi connectivity index (χ1) is 10.1. The molecule has 2 atom stereocenters. The molecule has 1 heterocycles. The molecular weight excluding hydrogens is 440 g/mol. The second-order valence-electron chi connectivity index (χ2n) is 5.32. The molecule has 2 aliphatic rings. The number of hydrogen-bond acceptors (Lipinski definition) is 4. The Balaban J connectivity index is 1.67. The van der Waals surface area contributed by atoms with Crippen LogP contribution >= 0.6 is 0 Å². The summed E-state index contributed by atoms with van der Waals surface area (Å²) in [6.07, 6.45) is 9.05. The van der Waals surface area contributed by atoms with Gasteiger partial charge in [-0.1, -0.05) is 6.42 Å². The molecule has 2 unspecified atom stereocenters. The van der Waals surface area contributed by atoms with Crippen LogP contribution in [0.5, 0.6) is 0 Å². The van der Waals surface area contributed by atoms with E-state index < -0.39 is 0 Å². The Morgan fingerprint density at radius 2 is 2.29 bits per heavy atom. The summed E-state index contributed by atoms with van der Waals surface area (Å²) in [5.74, 6) is 0.215. The Morgan fingerprint density at radius 3 is 2.90 bits per heavy atom. The number of carbonyl (C=O) groups is 2. The summed E-state index contributed by atoms with van der Waals surface area (Å²) in [4.78, 5) is 29.3. The quantitative estimate of drug-likeness (QED) is 0.234. The van der Waals surface area contributed by atoms with Crippen LogP contribution in [0.3, 0.4) is 0 Å². The molecular formula is C14H19N4O2W-. The fourth-order valence-corrected chi connectivity index (χ4v) is 2.56. The summed E-state index contributed by atoms with van der Waals surface area (Å²) in [7, 11) is 0. The first-order valence-corrected chi connectivity index (χ1v) is 8.72. The van der Waals surface area contributed by atoms with Crippen molar-refractivity contribution < 1.29 is 28.9 Å². The fraction of sp³-hybridized carbons (Fsp3) is 0.571. The standard InChI is InChI=1S/C14H19N4O2.W/c1-16-6-3-7-17-13(19)8-11(15)12-9-18(12)14(20)10-4-2-5-10;/h1,3,6,10-12H,2,4-5,8-9,15H2,(H,17,19);/q-1;. The maximum atomic E-state index is 12.0. The van der Waals surface area contributed by atoms with Crippen molar-refractivity contribution in [2.75, 3.05) is 6.54 Å². The zero-order chi connectivity index (χ0) is 15.2. The first kappa shape index (κ1) is 16.2. The molecule has 0 bridgehead atoms. The van der Waals surface area contributed by atoms with Crippen LogP contribution in [0.2, 0.25) is 0 Å². The van der Waals surface area contributed by atoms with Crippen molar-refractivity contribution in [1.29, 1.82) is 0 Å². The van der Waals surface area contributed by atoms with E-state index in [9.17, 15) is 9.59 Å². The molecule has 0 spiro atoms. The molecule has 21 heavy (non-hydrogen) atoms. The predicted octanol–water partition coefficient (Wildman–Crippen LogP) is -0.475. The van der Waals surface area contributed by atoms with Crippen LogP contribution in [-0.2, 0) is 28.9 Å². The molecule has 1 saturated heterocycles. The second-order valence-corrected chi connectivity index (χ2v) is 6.07. The van der Waals surface area contributed by atoms with Gasteiger partial charge in [-0.15, -0.1) is 0 Å². The number of rotatable bonds is 7. The number of nitrogens with one attached hydrogen (secondary N) is 1. The summed E-state index contributed by atoms with van der Waals surface area (Å²) in [5.41, 5.74) is 6.00. The first-order valence-electron chi connectivity index (χ1n) is 7.02. The summed E-state index contributed by atoms with van der Waals surface area (Å²) in [5, 5.41) is 2.52. The summed E-state index contributed by atoms with van der Waals surface area (Å²) in [6.45, 7) is 0.685. The van der Waals surface area contributed by atoms with Crippen LogP contribution in [0.25, 0.3) is 0 Å². The van der Waals surface area contributed by atoms with E-state index >= 15 is 0 Å². The zero-order valence-electron chi connectivity index (χ0n) is 11.7. The van der Waals surface area contributed by atoms with E-state index in [-0.39, 0.29) is 36.2 Å². The van der Waals surface area contributed by atoms with Crippen LogP contribution in [0.15, 0.2) is 11.1 Å². The van der Waals surface area contributed by atoms with E-state index in [4.69, 9.17) is 5.73 Å². The Kier molecular flexibility index (Phi) is 6.00. The SMILES string of the molecule is NC(CC(=O)N[C-]=CC=N[CH]=[W])C1CN1C(=O)C1CCC1. The smallest absolute Gasteiger partial charge is 0.275 e. The zero-order valence-corrected chi connectivity index (χ0v) is 14.6. The topological polar surface area (TPSA) is 87.6 Å². The molecule has 2 amide bonds. The average Bonchev–Trinajstić information content (AvgIpc) is 3.16. The minimum absolute atomic E-state index is 0.0204. The third kappa shape index (κ3) is 4.68. The van der Waals surface area contributed by atoms with Crippen molar-refractivity contribution in [3.05, 3.63) is 12.3 Å². The molecule has 0 aromatic carbocycles. The third-order valence-corrected chi connectivity index (χ3v) is 4.26. The average molecular weight is 459 g/mol. The van der Waals surface area contributed by atoms with Gasteiger partial charge in [-0.2, -0.15) is 0 Å². The van der Waals surface area contributed by atoms with E-state index in [2.05, 4.69) is 16.5 Å². The molecule has 7 heteroatoms. The fourth-order valence-electron chi connectivity index (χ4n) is 2.30. The Bertz CT molecular complexity index is 474. The van der Waals surface area contributed by atoms with Gasteiger partial charge in [0.15, 0.2) is 0 Å². The van der Waals surface area contributed by atoms with Gasteiger partial charge in [0.25, 0.3) is 0 Å². The van der Waals surface area contributed by atoms with Crippen molar-refractivity contribution in [1.82, 2.24) is 10.2 Å². The molecule has 1 aliphatic carbocycles. The number of nitrogens with zero attached hydrogens (tertiary/aromatic N) is 2. The number of carbonyl (C=O) groups excluding carboxylic acids is 2. The van der Waals surface area contributed by atoms with Crippen LogP contribution < -0.4 is 11.1 Å². The minimum atomic E-state index is -0.308. The number of nitrogens with two attached hydrogens (primary N) is 1. The van der Waals surface area contributed by atoms with E-state index in [0.29, 0.717) is 6.54 Å². The number of amides is 2. The van der Waals surface area contributed by atoms with Crippen LogP contribution in [0.4, 0.5) is 0 Å². The van der Waals surface area contributed by atoms with Gasteiger partial charge in [0.1, 0.15) is 0 Å². The molecule has 1 saturated carbocycles. The van der Waals surface area contributed by atoms with E-state index in [1.165, 1.54) is 25.4 Å². The molecule has 2 fully saturated rings. The van der Waals surface area contributed by atoms with Crippen molar-refractivity contribution in [3.8, 4) is 0 Å². The molecule has 1 aliphatic heterocycles. The minimum Gasteiger partial charge on any atom is -0.275 e. The van der Waals surface area contributed by atoms with Gasteiger partial charge in [0.2, 0.25) is 0 Å². The summed E-state index contributed by atoms with van der Waals surface area (Å²) in [6, 6.07) is -0.288. The Labute approximate surface area is 135 Å². The Hall–Kier alpha value is -1.13. The normalized spacial score (nSPS) is 23.1. The molecule has 114 valence electrons. The van der Waals surface area contributed by atoms with Crippen molar-refractivity contribution in [3.63, 3.8) is 0 Å². The maximum absolute atomic E-state index is 12.0. The van der Waals surface area contributed by atoms with Crippen molar-refractivity contribution >= 4 is 22.6 Å². The van der Waals surface area contributed by atoms with Gasteiger partial charge in [-0.05, 0) is 12.8 Å². The van der Waals surface area contributed by atoms with Gasteiger partial charge in [0, 0.05) is 5.92 Å². The van der Waals surface area contributed by atoms with Crippen LogP contribution in [0.1, 0.15) is 25.7 Å². The number of hydrogen-bond donors (Lipinski definition) is 2. The molecule has 2 rings (SSSR count). The number of aliphatic imine (C=N–C) groups is 1. The van der Waals surface area contributed by atoms with Gasteiger partial charge < -0.3 is 0 Å². The molecule has 0 aromatic rings. The third-order valence-electron chi connectivity index (χ3n) is 3.82. The monoisotopic (exact) mass is 459 g/mol. The molecule has 3 N–H and O–H groups in total. The van der Waals surface area contributed by atoms with E-state index in [1.54, 1.807) is 15.6 Å². The van der Waals surface area contributed by atoms with Gasteiger partial charge in [-0.25, -0.2) is 0 Å².